The molecule has 2 aliphatic heterocycles. The Kier molecular flexibility index (Phi) is 4.72. The standard InChI is InChI=1S/C20H25FN4/c21-16-5-3-7-18(13-16)25-12-4-6-17(15-25)23-20-14-19(8-9-22-20)24-10-1-2-11-24/h3,5,7-9,13-14,17H,1-2,4,6,10-12,15H2,(H,22,23)/t17-/m1/s1. The fourth-order valence-corrected chi connectivity index (χ4v) is 3.88. The average molecular weight is 340 g/mol. The van der Waals surface area contributed by atoms with E-state index in [1.807, 2.05) is 12.3 Å². The molecule has 0 amide bonds. The number of hydrogen-bond donors (Lipinski definition) is 1. The van der Waals surface area contributed by atoms with Crippen molar-refractivity contribution in [3.8, 4) is 0 Å². The molecule has 2 fully saturated rings. The van der Waals surface area contributed by atoms with E-state index < -0.39 is 0 Å². The monoisotopic (exact) mass is 340 g/mol. The number of aromatic nitrogens is 1. The molecule has 0 saturated carbocycles. The zero-order valence-corrected chi connectivity index (χ0v) is 14.5. The number of rotatable bonds is 4. The third-order valence-corrected chi connectivity index (χ3v) is 5.16. The Labute approximate surface area is 148 Å². The summed E-state index contributed by atoms with van der Waals surface area (Å²) in [5.74, 6) is 0.767. The van der Waals surface area contributed by atoms with Gasteiger partial charge in [-0.15, -0.1) is 0 Å². The minimum absolute atomic E-state index is 0.174. The lowest BCUT2D eigenvalue weighted by Crippen LogP contribution is -2.42. The van der Waals surface area contributed by atoms with Crippen LogP contribution in [0.4, 0.5) is 21.6 Å². The lowest BCUT2D eigenvalue weighted by atomic mass is 10.0. The summed E-state index contributed by atoms with van der Waals surface area (Å²) in [5, 5.41) is 3.59. The second-order valence-electron chi connectivity index (χ2n) is 7.00. The zero-order valence-electron chi connectivity index (χ0n) is 14.5. The van der Waals surface area contributed by atoms with Crippen molar-refractivity contribution in [2.75, 3.05) is 41.3 Å². The first-order valence-electron chi connectivity index (χ1n) is 9.26. The molecule has 2 aromatic rings. The molecule has 1 aromatic heterocycles. The number of nitrogens with one attached hydrogen (secondary N) is 1. The molecule has 2 saturated heterocycles. The second kappa shape index (κ2) is 7.30. The first-order valence-corrected chi connectivity index (χ1v) is 9.26. The third-order valence-electron chi connectivity index (χ3n) is 5.16. The van der Waals surface area contributed by atoms with Crippen LogP contribution in [0.15, 0.2) is 42.6 Å². The lowest BCUT2D eigenvalue weighted by Gasteiger charge is -2.35. The van der Waals surface area contributed by atoms with E-state index in [9.17, 15) is 4.39 Å². The summed E-state index contributed by atoms with van der Waals surface area (Å²) < 4.78 is 13.5. The van der Waals surface area contributed by atoms with Crippen molar-refractivity contribution in [2.24, 2.45) is 0 Å². The molecule has 4 nitrogen and oxygen atoms in total. The summed E-state index contributed by atoms with van der Waals surface area (Å²) in [6, 6.07) is 11.5. The summed E-state index contributed by atoms with van der Waals surface area (Å²) >= 11 is 0. The van der Waals surface area contributed by atoms with E-state index in [4.69, 9.17) is 0 Å². The van der Waals surface area contributed by atoms with E-state index in [0.717, 1.165) is 50.5 Å². The number of anilines is 3. The average Bonchev–Trinajstić information content (AvgIpc) is 3.17. The molecule has 3 heterocycles. The van der Waals surface area contributed by atoms with Crippen molar-refractivity contribution in [1.29, 1.82) is 0 Å². The van der Waals surface area contributed by atoms with E-state index in [1.165, 1.54) is 24.6 Å². The van der Waals surface area contributed by atoms with Gasteiger partial charge in [-0.2, -0.15) is 0 Å². The highest BCUT2D eigenvalue weighted by molar-refractivity contribution is 5.55. The van der Waals surface area contributed by atoms with Gasteiger partial charge in [-0.3, -0.25) is 0 Å². The first-order chi connectivity index (χ1) is 12.3. The highest BCUT2D eigenvalue weighted by Gasteiger charge is 2.21. The quantitative estimate of drug-likeness (QED) is 0.915. The largest absolute Gasteiger partial charge is 0.371 e. The summed E-state index contributed by atoms with van der Waals surface area (Å²) in [5.41, 5.74) is 2.22. The summed E-state index contributed by atoms with van der Waals surface area (Å²) in [7, 11) is 0. The number of benzene rings is 1. The maximum absolute atomic E-state index is 13.5. The molecule has 5 heteroatoms. The Bertz CT molecular complexity index is 714. The van der Waals surface area contributed by atoms with Crippen LogP contribution in [0.25, 0.3) is 0 Å². The molecule has 25 heavy (non-hydrogen) atoms. The predicted molar refractivity (Wildman–Crippen MR) is 101 cm³/mol. The van der Waals surface area contributed by atoms with Gasteiger partial charge in [0.1, 0.15) is 11.6 Å². The molecule has 0 spiro atoms. The van der Waals surface area contributed by atoms with Crippen LogP contribution >= 0.6 is 0 Å². The molecule has 0 aliphatic carbocycles. The van der Waals surface area contributed by atoms with Crippen LogP contribution in [-0.4, -0.2) is 37.2 Å². The summed E-state index contributed by atoms with van der Waals surface area (Å²) in [6.45, 7) is 4.13. The fourth-order valence-electron chi connectivity index (χ4n) is 3.88. The molecular weight excluding hydrogens is 315 g/mol. The topological polar surface area (TPSA) is 31.4 Å². The molecule has 132 valence electrons. The SMILES string of the molecule is Fc1cccc(N2CCC[C@@H](Nc3cc(N4CCCC4)ccn3)C2)c1. The van der Waals surface area contributed by atoms with E-state index in [2.05, 4.69) is 32.2 Å². The van der Waals surface area contributed by atoms with Crippen LogP contribution in [0.5, 0.6) is 0 Å². The van der Waals surface area contributed by atoms with E-state index in [-0.39, 0.29) is 5.82 Å². The van der Waals surface area contributed by atoms with Crippen LogP contribution in [-0.2, 0) is 0 Å². The van der Waals surface area contributed by atoms with Gasteiger partial charge in [-0.05, 0) is 49.9 Å². The van der Waals surface area contributed by atoms with Gasteiger partial charge in [0.2, 0.25) is 0 Å². The molecule has 0 bridgehead atoms. The van der Waals surface area contributed by atoms with E-state index >= 15 is 0 Å². The molecule has 1 atom stereocenters. The van der Waals surface area contributed by atoms with Crippen molar-refractivity contribution >= 4 is 17.2 Å². The number of hydrogen-bond acceptors (Lipinski definition) is 4. The van der Waals surface area contributed by atoms with Crippen molar-refractivity contribution < 1.29 is 4.39 Å². The Hall–Kier alpha value is -2.30. The molecule has 1 N–H and O–H groups in total. The van der Waals surface area contributed by atoms with Gasteiger partial charge >= 0.3 is 0 Å². The van der Waals surface area contributed by atoms with Gasteiger partial charge in [0.15, 0.2) is 0 Å². The number of pyridine rings is 1. The number of piperidine rings is 1. The van der Waals surface area contributed by atoms with Crippen LogP contribution in [0, 0.1) is 5.82 Å². The van der Waals surface area contributed by atoms with Gasteiger partial charge in [0, 0.05) is 55.9 Å². The lowest BCUT2D eigenvalue weighted by molar-refractivity contribution is 0.527. The summed E-state index contributed by atoms with van der Waals surface area (Å²) in [4.78, 5) is 9.18. The Balaban J connectivity index is 1.43. The van der Waals surface area contributed by atoms with E-state index in [0.29, 0.717) is 6.04 Å². The van der Waals surface area contributed by atoms with Crippen LogP contribution in [0.1, 0.15) is 25.7 Å². The molecule has 2 aliphatic rings. The fraction of sp³-hybridized carbons (Fsp3) is 0.450. The van der Waals surface area contributed by atoms with Crippen LogP contribution < -0.4 is 15.1 Å². The maximum atomic E-state index is 13.5. The van der Waals surface area contributed by atoms with Gasteiger partial charge in [-0.25, -0.2) is 9.37 Å². The highest BCUT2D eigenvalue weighted by atomic mass is 19.1. The zero-order chi connectivity index (χ0) is 17.1. The predicted octanol–water partition coefficient (Wildman–Crippen LogP) is 3.90. The minimum atomic E-state index is -0.174. The van der Waals surface area contributed by atoms with Crippen molar-refractivity contribution in [2.45, 2.75) is 31.7 Å². The normalized spacial score (nSPS) is 20.8. The Morgan fingerprint density at radius 3 is 2.60 bits per heavy atom. The van der Waals surface area contributed by atoms with Crippen LogP contribution in [0.2, 0.25) is 0 Å². The Morgan fingerprint density at radius 2 is 1.76 bits per heavy atom. The smallest absolute Gasteiger partial charge is 0.128 e. The Morgan fingerprint density at radius 1 is 0.960 bits per heavy atom. The van der Waals surface area contributed by atoms with E-state index in [1.54, 1.807) is 12.1 Å². The second-order valence-corrected chi connectivity index (χ2v) is 7.00. The number of halogens is 1. The summed E-state index contributed by atoms with van der Waals surface area (Å²) in [6.07, 6.45) is 6.65. The molecule has 1 aromatic carbocycles. The van der Waals surface area contributed by atoms with Gasteiger partial charge in [-0.1, -0.05) is 6.07 Å². The molecule has 4 rings (SSSR count). The number of nitrogens with zero attached hydrogens (tertiary/aromatic N) is 3. The van der Waals surface area contributed by atoms with Gasteiger partial charge in [0.25, 0.3) is 0 Å². The highest BCUT2D eigenvalue weighted by Crippen LogP contribution is 2.25. The van der Waals surface area contributed by atoms with Crippen LogP contribution in [0.3, 0.4) is 0 Å². The van der Waals surface area contributed by atoms with Gasteiger partial charge < -0.3 is 15.1 Å². The minimum Gasteiger partial charge on any atom is -0.371 e. The van der Waals surface area contributed by atoms with Crippen molar-refractivity contribution in [3.63, 3.8) is 0 Å². The maximum Gasteiger partial charge on any atom is 0.128 e. The molecule has 0 unspecified atom stereocenters. The van der Waals surface area contributed by atoms with Crippen molar-refractivity contribution in [1.82, 2.24) is 4.98 Å². The van der Waals surface area contributed by atoms with Gasteiger partial charge in [0.05, 0.1) is 0 Å². The molecule has 0 radical (unpaired) electrons. The third kappa shape index (κ3) is 3.86. The van der Waals surface area contributed by atoms with Crippen molar-refractivity contribution in [3.05, 3.63) is 48.4 Å². The first kappa shape index (κ1) is 16.2. The molecular formula is C20H25FN4.